The standard InChI is InChI=1S/C20H34N4O2S.HI/c1-4-21-20(22-13-15-27(25,26)24(5-2)6-3)23-14-12-19(17-23)16-18-10-8-7-9-11-18;/h7-11,19H,4-6,12-17H2,1-3H3,(H,21,22);1H. The van der Waals surface area contributed by atoms with Crippen LogP contribution in [0.2, 0.25) is 0 Å². The largest absolute Gasteiger partial charge is 0.357 e. The smallest absolute Gasteiger partial charge is 0.215 e. The van der Waals surface area contributed by atoms with Crippen molar-refractivity contribution in [1.29, 1.82) is 0 Å². The zero-order valence-corrected chi connectivity index (χ0v) is 20.4. The van der Waals surface area contributed by atoms with E-state index in [1.54, 1.807) is 0 Å². The minimum atomic E-state index is -3.23. The Morgan fingerprint density at radius 2 is 1.89 bits per heavy atom. The van der Waals surface area contributed by atoms with Crippen LogP contribution in [-0.4, -0.2) is 68.6 Å². The summed E-state index contributed by atoms with van der Waals surface area (Å²) in [5, 5.41) is 3.32. The second kappa shape index (κ2) is 12.6. The third-order valence-electron chi connectivity index (χ3n) is 5.00. The number of aliphatic imine (C=N–C) groups is 1. The van der Waals surface area contributed by atoms with Crippen molar-refractivity contribution < 1.29 is 8.42 Å². The third kappa shape index (κ3) is 7.51. The molecule has 1 saturated heterocycles. The Labute approximate surface area is 187 Å². The van der Waals surface area contributed by atoms with E-state index in [0.717, 1.165) is 38.4 Å². The molecule has 1 unspecified atom stereocenters. The summed E-state index contributed by atoms with van der Waals surface area (Å²) in [7, 11) is -3.23. The number of hydrogen-bond acceptors (Lipinski definition) is 3. The SMILES string of the molecule is CCNC(=NCCS(=O)(=O)N(CC)CC)N1CCC(Cc2ccccc2)C1.I. The van der Waals surface area contributed by atoms with E-state index in [1.165, 1.54) is 9.87 Å². The van der Waals surface area contributed by atoms with Gasteiger partial charge in [0.05, 0.1) is 12.3 Å². The van der Waals surface area contributed by atoms with Gasteiger partial charge in [-0.25, -0.2) is 12.7 Å². The number of halogens is 1. The fourth-order valence-corrected chi connectivity index (χ4v) is 4.94. The van der Waals surface area contributed by atoms with Gasteiger partial charge in [-0.1, -0.05) is 44.2 Å². The topological polar surface area (TPSA) is 65.0 Å². The fraction of sp³-hybridized carbons (Fsp3) is 0.650. The van der Waals surface area contributed by atoms with E-state index in [9.17, 15) is 8.42 Å². The Bertz CT molecular complexity index is 693. The molecular formula is C20H35IN4O2S. The first kappa shape index (κ1) is 25.2. The van der Waals surface area contributed by atoms with Gasteiger partial charge in [0.1, 0.15) is 0 Å². The van der Waals surface area contributed by atoms with Crippen LogP contribution in [0, 0.1) is 5.92 Å². The van der Waals surface area contributed by atoms with Crippen molar-refractivity contribution in [3.63, 3.8) is 0 Å². The highest BCUT2D eigenvalue weighted by Crippen LogP contribution is 2.21. The van der Waals surface area contributed by atoms with E-state index in [2.05, 4.69) is 39.5 Å². The molecule has 2 rings (SSSR count). The molecule has 1 aromatic rings. The summed E-state index contributed by atoms with van der Waals surface area (Å²) in [6.45, 7) is 9.79. The maximum absolute atomic E-state index is 12.3. The Morgan fingerprint density at radius 1 is 1.21 bits per heavy atom. The molecular weight excluding hydrogens is 487 g/mol. The van der Waals surface area contributed by atoms with Crippen LogP contribution >= 0.6 is 24.0 Å². The molecule has 0 aromatic heterocycles. The minimum absolute atomic E-state index is 0. The van der Waals surface area contributed by atoms with Gasteiger partial charge in [0.25, 0.3) is 0 Å². The van der Waals surface area contributed by atoms with Gasteiger partial charge in [0, 0.05) is 32.7 Å². The van der Waals surface area contributed by atoms with Crippen LogP contribution in [-0.2, 0) is 16.4 Å². The summed E-state index contributed by atoms with van der Waals surface area (Å²) in [5.74, 6) is 1.50. The summed E-state index contributed by atoms with van der Waals surface area (Å²) in [4.78, 5) is 6.86. The summed E-state index contributed by atoms with van der Waals surface area (Å²) < 4.78 is 26.2. The molecule has 1 aliphatic rings. The van der Waals surface area contributed by atoms with Crippen LogP contribution in [0.5, 0.6) is 0 Å². The summed E-state index contributed by atoms with van der Waals surface area (Å²) in [5.41, 5.74) is 1.37. The van der Waals surface area contributed by atoms with Crippen molar-refractivity contribution >= 4 is 40.0 Å². The van der Waals surface area contributed by atoms with Crippen molar-refractivity contribution in [2.24, 2.45) is 10.9 Å². The minimum Gasteiger partial charge on any atom is -0.357 e. The van der Waals surface area contributed by atoms with Crippen molar-refractivity contribution in [2.45, 2.75) is 33.6 Å². The van der Waals surface area contributed by atoms with Crippen LogP contribution in [0.25, 0.3) is 0 Å². The van der Waals surface area contributed by atoms with Crippen molar-refractivity contribution in [3.05, 3.63) is 35.9 Å². The molecule has 1 aromatic carbocycles. The molecule has 0 amide bonds. The number of benzene rings is 1. The van der Waals surface area contributed by atoms with Gasteiger partial charge in [-0.3, -0.25) is 4.99 Å². The Morgan fingerprint density at radius 3 is 2.50 bits per heavy atom. The number of hydrogen-bond donors (Lipinski definition) is 1. The van der Waals surface area contributed by atoms with Gasteiger partial charge in [-0.2, -0.15) is 0 Å². The predicted octanol–water partition coefficient (Wildman–Crippen LogP) is 2.81. The third-order valence-corrected chi connectivity index (χ3v) is 7.00. The van der Waals surface area contributed by atoms with Crippen molar-refractivity contribution in [2.75, 3.05) is 45.0 Å². The molecule has 1 N–H and O–H groups in total. The molecule has 6 nitrogen and oxygen atoms in total. The van der Waals surface area contributed by atoms with E-state index in [1.807, 2.05) is 26.8 Å². The van der Waals surface area contributed by atoms with Gasteiger partial charge in [-0.05, 0) is 31.2 Å². The molecule has 0 spiro atoms. The second-order valence-corrected chi connectivity index (χ2v) is 9.01. The summed E-state index contributed by atoms with van der Waals surface area (Å²) in [6, 6.07) is 10.6. The zero-order valence-electron chi connectivity index (χ0n) is 17.3. The molecule has 0 radical (unpaired) electrons. The maximum atomic E-state index is 12.3. The van der Waals surface area contributed by atoms with Crippen LogP contribution in [0.1, 0.15) is 32.8 Å². The lowest BCUT2D eigenvalue weighted by Gasteiger charge is -2.22. The Balaban J connectivity index is 0.00000392. The molecule has 1 aliphatic heterocycles. The first-order valence-corrected chi connectivity index (χ1v) is 11.7. The molecule has 0 bridgehead atoms. The monoisotopic (exact) mass is 522 g/mol. The van der Waals surface area contributed by atoms with Gasteiger partial charge < -0.3 is 10.2 Å². The lowest BCUT2D eigenvalue weighted by molar-refractivity contribution is 0.444. The first-order valence-electron chi connectivity index (χ1n) is 10.0. The maximum Gasteiger partial charge on any atom is 0.215 e. The van der Waals surface area contributed by atoms with E-state index >= 15 is 0 Å². The molecule has 1 atom stereocenters. The average molecular weight is 522 g/mol. The first-order chi connectivity index (χ1) is 13.0. The Kier molecular flexibility index (Phi) is 11.4. The summed E-state index contributed by atoms with van der Waals surface area (Å²) >= 11 is 0. The van der Waals surface area contributed by atoms with E-state index in [-0.39, 0.29) is 29.7 Å². The van der Waals surface area contributed by atoms with Crippen LogP contribution < -0.4 is 5.32 Å². The van der Waals surface area contributed by atoms with Crippen molar-refractivity contribution in [3.8, 4) is 0 Å². The zero-order chi connectivity index (χ0) is 19.7. The lowest BCUT2D eigenvalue weighted by Crippen LogP contribution is -2.41. The number of sulfonamides is 1. The predicted molar refractivity (Wildman–Crippen MR) is 128 cm³/mol. The molecule has 1 heterocycles. The number of guanidine groups is 1. The average Bonchev–Trinajstić information content (AvgIpc) is 3.11. The molecule has 0 saturated carbocycles. The highest BCUT2D eigenvalue weighted by molar-refractivity contribution is 14.0. The fourth-order valence-electron chi connectivity index (χ4n) is 3.58. The van der Waals surface area contributed by atoms with Gasteiger partial charge >= 0.3 is 0 Å². The molecule has 160 valence electrons. The van der Waals surface area contributed by atoms with Gasteiger partial charge in [-0.15, -0.1) is 24.0 Å². The molecule has 28 heavy (non-hydrogen) atoms. The van der Waals surface area contributed by atoms with E-state index < -0.39 is 10.0 Å². The molecule has 1 fully saturated rings. The number of nitrogens with zero attached hydrogens (tertiary/aromatic N) is 3. The highest BCUT2D eigenvalue weighted by Gasteiger charge is 2.25. The van der Waals surface area contributed by atoms with E-state index in [4.69, 9.17) is 0 Å². The highest BCUT2D eigenvalue weighted by atomic mass is 127. The van der Waals surface area contributed by atoms with Crippen molar-refractivity contribution in [1.82, 2.24) is 14.5 Å². The van der Waals surface area contributed by atoms with Crippen LogP contribution in [0.15, 0.2) is 35.3 Å². The van der Waals surface area contributed by atoms with Gasteiger partial charge in [0.2, 0.25) is 10.0 Å². The number of likely N-dealkylation sites (tertiary alicyclic amines) is 1. The molecule has 8 heteroatoms. The normalized spacial score (nSPS) is 17.6. The van der Waals surface area contributed by atoms with Crippen LogP contribution in [0.4, 0.5) is 0 Å². The number of rotatable bonds is 9. The van der Waals surface area contributed by atoms with E-state index in [0.29, 0.717) is 25.6 Å². The van der Waals surface area contributed by atoms with Crippen LogP contribution in [0.3, 0.4) is 0 Å². The van der Waals surface area contributed by atoms with Gasteiger partial charge in [0.15, 0.2) is 5.96 Å². The Hall–Kier alpha value is -0.870. The quantitative estimate of drug-likeness (QED) is 0.308. The summed E-state index contributed by atoms with van der Waals surface area (Å²) in [6.07, 6.45) is 2.21. The molecule has 0 aliphatic carbocycles. The number of nitrogens with one attached hydrogen (secondary N) is 1. The second-order valence-electron chi connectivity index (χ2n) is 6.93. The lowest BCUT2D eigenvalue weighted by atomic mass is 9.99.